The molecule has 0 radical (unpaired) electrons. The van der Waals surface area contributed by atoms with Crippen molar-refractivity contribution in [3.8, 4) is 0 Å². The van der Waals surface area contributed by atoms with Crippen LogP contribution >= 0.6 is 0 Å². The summed E-state index contributed by atoms with van der Waals surface area (Å²) in [7, 11) is 1.84. The lowest BCUT2D eigenvalue weighted by Gasteiger charge is -2.34. The molecular weight excluding hydrogens is 470 g/mol. The van der Waals surface area contributed by atoms with Crippen LogP contribution in [-0.2, 0) is 31.3 Å². The maximum atomic E-state index is 13.9. The van der Waals surface area contributed by atoms with Gasteiger partial charge < -0.3 is 14.2 Å². The van der Waals surface area contributed by atoms with Crippen molar-refractivity contribution < 1.29 is 9.53 Å². The zero-order chi connectivity index (χ0) is 25.9. The Kier molecular flexibility index (Phi) is 7.05. The number of carbonyl (C=O) groups excluding carboxylic acids is 1. The molecule has 0 atom stereocenters. The van der Waals surface area contributed by atoms with Gasteiger partial charge in [0.25, 0.3) is 5.56 Å². The fraction of sp³-hybridized carbons (Fsp3) is 0.357. The predicted octanol–water partition coefficient (Wildman–Crippen LogP) is 2.77. The number of para-hydroxylation sites is 1. The Morgan fingerprint density at radius 1 is 0.973 bits per heavy atom. The smallest absolute Gasteiger partial charge is 0.409 e. The van der Waals surface area contributed by atoms with Crippen molar-refractivity contribution in [3.63, 3.8) is 0 Å². The number of hydrogen-bond acceptors (Lipinski definition) is 6. The molecule has 3 heterocycles. The van der Waals surface area contributed by atoms with E-state index in [1.807, 2.05) is 54.1 Å². The van der Waals surface area contributed by atoms with E-state index in [-0.39, 0.29) is 22.5 Å². The third-order valence-electron chi connectivity index (χ3n) is 7.01. The minimum Gasteiger partial charge on any atom is -0.450 e. The standard InChI is InChI=1S/C28H31N5O4/c1-3-37-28(36)32-17-15-31(16-18-32)19-23-29-26-24(25(34)21-11-7-8-12-22(21)30(26)2)27(35)33(23)14-13-20-9-5-4-6-10-20/h4-12H,3,13-19H2,1-2H3. The first kappa shape index (κ1) is 24.7. The Bertz CT molecular complexity index is 1550. The van der Waals surface area contributed by atoms with E-state index in [2.05, 4.69) is 4.90 Å². The van der Waals surface area contributed by atoms with Gasteiger partial charge >= 0.3 is 6.09 Å². The average Bonchev–Trinajstić information content (AvgIpc) is 2.92. The number of amides is 1. The summed E-state index contributed by atoms with van der Waals surface area (Å²) in [5.41, 5.74) is 1.64. The maximum absolute atomic E-state index is 13.9. The zero-order valence-corrected chi connectivity index (χ0v) is 21.2. The number of aromatic nitrogens is 3. The van der Waals surface area contributed by atoms with Crippen molar-refractivity contribution in [2.75, 3.05) is 32.8 Å². The van der Waals surface area contributed by atoms with E-state index in [9.17, 15) is 14.4 Å². The fourth-order valence-corrected chi connectivity index (χ4v) is 4.97. The number of pyridine rings is 1. The van der Waals surface area contributed by atoms with Crippen molar-refractivity contribution in [1.82, 2.24) is 23.9 Å². The minimum absolute atomic E-state index is 0.116. The van der Waals surface area contributed by atoms with Gasteiger partial charge in [0.15, 0.2) is 5.65 Å². The highest BCUT2D eigenvalue weighted by atomic mass is 16.6. The summed E-state index contributed by atoms with van der Waals surface area (Å²) in [6.45, 7) is 5.38. The molecule has 0 saturated carbocycles. The molecule has 0 aliphatic carbocycles. The number of rotatable bonds is 6. The van der Waals surface area contributed by atoms with E-state index < -0.39 is 0 Å². The van der Waals surface area contributed by atoms with Crippen LogP contribution < -0.4 is 11.0 Å². The normalized spacial score (nSPS) is 14.4. The van der Waals surface area contributed by atoms with Gasteiger partial charge in [-0.25, -0.2) is 9.78 Å². The molecule has 0 bridgehead atoms. The van der Waals surface area contributed by atoms with Crippen LogP contribution in [0.25, 0.3) is 21.9 Å². The number of piperazine rings is 1. The van der Waals surface area contributed by atoms with Crippen molar-refractivity contribution in [2.45, 2.75) is 26.4 Å². The highest BCUT2D eigenvalue weighted by Crippen LogP contribution is 2.17. The van der Waals surface area contributed by atoms with E-state index in [1.54, 1.807) is 28.5 Å². The lowest BCUT2D eigenvalue weighted by atomic mass is 10.1. The number of fused-ring (bicyclic) bond motifs is 2. The third kappa shape index (κ3) is 4.86. The molecule has 1 aliphatic heterocycles. The van der Waals surface area contributed by atoms with E-state index >= 15 is 0 Å². The Balaban J connectivity index is 1.54. The largest absolute Gasteiger partial charge is 0.450 e. The lowest BCUT2D eigenvalue weighted by molar-refractivity contribution is 0.0767. The van der Waals surface area contributed by atoms with Crippen LogP contribution in [0.5, 0.6) is 0 Å². The second-order valence-corrected chi connectivity index (χ2v) is 9.29. The molecule has 1 saturated heterocycles. The van der Waals surface area contributed by atoms with Crippen molar-refractivity contribution in [3.05, 3.63) is 86.6 Å². The van der Waals surface area contributed by atoms with Crippen LogP contribution in [0.3, 0.4) is 0 Å². The topological polar surface area (TPSA) is 89.7 Å². The summed E-state index contributed by atoms with van der Waals surface area (Å²) < 4.78 is 8.62. The summed E-state index contributed by atoms with van der Waals surface area (Å²) in [4.78, 5) is 48.2. The molecular formula is C28H31N5O4. The number of ether oxygens (including phenoxy) is 1. The summed E-state index contributed by atoms with van der Waals surface area (Å²) in [5, 5.41) is 0.624. The Labute approximate surface area is 214 Å². The average molecular weight is 502 g/mol. The van der Waals surface area contributed by atoms with Gasteiger partial charge in [-0.3, -0.25) is 19.1 Å². The first-order chi connectivity index (χ1) is 18.0. The minimum atomic E-state index is -0.313. The lowest BCUT2D eigenvalue weighted by Crippen LogP contribution is -2.49. The molecule has 4 aromatic rings. The van der Waals surface area contributed by atoms with Crippen LogP contribution in [-0.4, -0.2) is 62.8 Å². The second kappa shape index (κ2) is 10.6. The number of carbonyl (C=O) groups is 1. The maximum Gasteiger partial charge on any atom is 0.409 e. The molecule has 1 amide bonds. The van der Waals surface area contributed by atoms with Gasteiger partial charge in [-0.1, -0.05) is 42.5 Å². The van der Waals surface area contributed by atoms with Crippen molar-refractivity contribution in [1.29, 1.82) is 0 Å². The van der Waals surface area contributed by atoms with Gasteiger partial charge in [0.1, 0.15) is 11.2 Å². The van der Waals surface area contributed by atoms with Gasteiger partial charge in [-0.2, -0.15) is 0 Å². The summed E-state index contributed by atoms with van der Waals surface area (Å²) >= 11 is 0. The summed E-state index contributed by atoms with van der Waals surface area (Å²) in [6.07, 6.45) is 0.346. The van der Waals surface area contributed by atoms with E-state index in [4.69, 9.17) is 9.72 Å². The first-order valence-electron chi connectivity index (χ1n) is 12.7. The van der Waals surface area contributed by atoms with Crippen molar-refractivity contribution in [2.24, 2.45) is 7.05 Å². The molecule has 0 N–H and O–H groups in total. The molecule has 9 heteroatoms. The fourth-order valence-electron chi connectivity index (χ4n) is 4.97. The Morgan fingerprint density at radius 3 is 2.41 bits per heavy atom. The molecule has 2 aromatic carbocycles. The Hall–Kier alpha value is -3.98. The molecule has 9 nitrogen and oxygen atoms in total. The van der Waals surface area contributed by atoms with Gasteiger partial charge in [0, 0.05) is 45.2 Å². The number of hydrogen-bond donors (Lipinski definition) is 0. The molecule has 0 unspecified atom stereocenters. The van der Waals surface area contributed by atoms with Gasteiger partial charge in [-0.05, 0) is 31.0 Å². The molecule has 37 heavy (non-hydrogen) atoms. The number of nitrogens with zero attached hydrogens (tertiary/aromatic N) is 5. The summed E-state index contributed by atoms with van der Waals surface area (Å²) in [5.74, 6) is 0.614. The highest BCUT2D eigenvalue weighted by Gasteiger charge is 2.24. The first-order valence-corrected chi connectivity index (χ1v) is 12.7. The van der Waals surface area contributed by atoms with Crippen LogP contribution in [0, 0.1) is 0 Å². The third-order valence-corrected chi connectivity index (χ3v) is 7.01. The van der Waals surface area contributed by atoms with Crippen LogP contribution in [0.15, 0.2) is 64.2 Å². The molecule has 1 fully saturated rings. The van der Waals surface area contributed by atoms with E-state index in [0.717, 1.165) is 11.1 Å². The van der Waals surface area contributed by atoms with Crippen LogP contribution in [0.2, 0.25) is 0 Å². The Morgan fingerprint density at radius 2 is 1.68 bits per heavy atom. The van der Waals surface area contributed by atoms with Gasteiger partial charge in [0.2, 0.25) is 5.43 Å². The zero-order valence-electron chi connectivity index (χ0n) is 21.2. The van der Waals surface area contributed by atoms with E-state index in [1.165, 1.54) is 0 Å². The van der Waals surface area contributed by atoms with Crippen molar-refractivity contribution >= 4 is 28.0 Å². The molecule has 2 aromatic heterocycles. The van der Waals surface area contributed by atoms with Gasteiger partial charge in [0.05, 0.1) is 18.7 Å². The SMILES string of the molecule is CCOC(=O)N1CCN(Cc2nc3c(c(=O)c4ccccc4n3C)c(=O)n2CCc2ccccc2)CC1. The summed E-state index contributed by atoms with van der Waals surface area (Å²) in [6, 6.07) is 17.3. The highest BCUT2D eigenvalue weighted by molar-refractivity contribution is 5.91. The van der Waals surface area contributed by atoms with E-state index in [0.29, 0.717) is 69.2 Å². The molecule has 5 rings (SSSR count). The quantitative estimate of drug-likeness (QED) is 0.378. The molecule has 1 aliphatic rings. The monoisotopic (exact) mass is 501 g/mol. The number of aryl methyl sites for hydroxylation is 2. The van der Waals surface area contributed by atoms with Crippen LogP contribution in [0.1, 0.15) is 18.3 Å². The predicted molar refractivity (Wildman–Crippen MR) is 143 cm³/mol. The van der Waals surface area contributed by atoms with Crippen LogP contribution in [0.4, 0.5) is 4.79 Å². The van der Waals surface area contributed by atoms with Gasteiger partial charge in [-0.15, -0.1) is 0 Å². The number of benzene rings is 2. The molecule has 192 valence electrons. The second-order valence-electron chi connectivity index (χ2n) is 9.29. The molecule has 0 spiro atoms.